The van der Waals surface area contributed by atoms with Crippen molar-refractivity contribution in [2.75, 3.05) is 32.2 Å². The van der Waals surface area contributed by atoms with E-state index in [4.69, 9.17) is 14.5 Å². The van der Waals surface area contributed by atoms with Crippen LogP contribution in [0.3, 0.4) is 0 Å². The van der Waals surface area contributed by atoms with Crippen molar-refractivity contribution in [3.63, 3.8) is 0 Å². The molecule has 0 saturated carbocycles. The van der Waals surface area contributed by atoms with Crippen molar-refractivity contribution >= 4 is 27.4 Å². The Kier molecular flexibility index (Phi) is 4.21. The number of aromatic nitrogens is 2. The summed E-state index contributed by atoms with van der Waals surface area (Å²) < 4.78 is 11.0. The fourth-order valence-corrected chi connectivity index (χ4v) is 4.35. The summed E-state index contributed by atoms with van der Waals surface area (Å²) in [6.45, 7) is 3.86. The van der Waals surface area contributed by atoms with Gasteiger partial charge < -0.3 is 14.4 Å². The number of hydrogen-bond acceptors (Lipinski definition) is 6. The quantitative estimate of drug-likeness (QED) is 0.708. The molecule has 4 rings (SSSR count). The monoisotopic (exact) mass is 355 g/mol. The maximum absolute atomic E-state index is 5.58. The van der Waals surface area contributed by atoms with Crippen molar-refractivity contribution in [2.45, 2.75) is 19.3 Å². The zero-order valence-electron chi connectivity index (χ0n) is 14.7. The smallest absolute Gasteiger partial charge is 0.141 e. The molecule has 1 saturated heterocycles. The Morgan fingerprint density at radius 3 is 2.84 bits per heavy atom. The standard InChI is InChI=1S/C19H21N3O2S/c1-12-20-18(15-7-9-25-19(15)21-12)22-8-6-13(11-22)16-10-14(23-2)4-5-17(16)24-3/h4-5,7,9-10,13H,6,8,11H2,1-3H3. The van der Waals surface area contributed by atoms with E-state index in [0.717, 1.165) is 52.9 Å². The summed E-state index contributed by atoms with van der Waals surface area (Å²) in [6.07, 6.45) is 1.07. The predicted octanol–water partition coefficient (Wildman–Crippen LogP) is 4.01. The van der Waals surface area contributed by atoms with Gasteiger partial charge in [-0.3, -0.25) is 0 Å². The minimum Gasteiger partial charge on any atom is -0.497 e. The molecule has 5 nitrogen and oxygen atoms in total. The molecule has 2 aromatic heterocycles. The van der Waals surface area contributed by atoms with Crippen molar-refractivity contribution in [3.05, 3.63) is 41.0 Å². The lowest BCUT2D eigenvalue weighted by atomic mass is 9.97. The van der Waals surface area contributed by atoms with Gasteiger partial charge in [0.2, 0.25) is 0 Å². The first kappa shape index (κ1) is 16.1. The van der Waals surface area contributed by atoms with E-state index in [-0.39, 0.29) is 0 Å². The van der Waals surface area contributed by atoms with Gasteiger partial charge in [-0.15, -0.1) is 11.3 Å². The molecule has 0 N–H and O–H groups in total. The van der Waals surface area contributed by atoms with E-state index >= 15 is 0 Å². The Hall–Kier alpha value is -2.34. The van der Waals surface area contributed by atoms with Crippen LogP contribution >= 0.6 is 11.3 Å². The minimum absolute atomic E-state index is 0.397. The normalized spacial score (nSPS) is 17.2. The molecule has 6 heteroatoms. The number of benzene rings is 1. The second-order valence-corrected chi connectivity index (χ2v) is 7.17. The molecule has 1 aliphatic heterocycles. The zero-order valence-corrected chi connectivity index (χ0v) is 15.5. The molecule has 1 unspecified atom stereocenters. The van der Waals surface area contributed by atoms with Crippen molar-refractivity contribution in [3.8, 4) is 11.5 Å². The predicted molar refractivity (Wildman–Crippen MR) is 101 cm³/mol. The zero-order chi connectivity index (χ0) is 17.4. The molecule has 25 heavy (non-hydrogen) atoms. The summed E-state index contributed by atoms with van der Waals surface area (Å²) in [5.74, 6) is 4.06. The summed E-state index contributed by atoms with van der Waals surface area (Å²) in [5.41, 5.74) is 1.21. The van der Waals surface area contributed by atoms with Gasteiger partial charge in [0.1, 0.15) is 28.0 Å². The number of ether oxygens (including phenoxy) is 2. The van der Waals surface area contributed by atoms with Crippen LogP contribution in [0.1, 0.15) is 23.7 Å². The Bertz CT molecular complexity index is 909. The fraction of sp³-hybridized carbons (Fsp3) is 0.368. The summed E-state index contributed by atoms with van der Waals surface area (Å²) in [4.78, 5) is 12.7. The fourth-order valence-electron chi connectivity index (χ4n) is 3.55. The van der Waals surface area contributed by atoms with Crippen LogP contribution in [-0.2, 0) is 0 Å². The SMILES string of the molecule is COc1ccc(OC)c(C2CCN(c3nc(C)nc4sccc34)C2)c1. The first-order valence-corrected chi connectivity index (χ1v) is 9.26. The third kappa shape index (κ3) is 2.91. The number of rotatable bonds is 4. The van der Waals surface area contributed by atoms with E-state index in [1.165, 1.54) is 5.56 Å². The van der Waals surface area contributed by atoms with E-state index in [2.05, 4.69) is 27.4 Å². The van der Waals surface area contributed by atoms with E-state index in [0.29, 0.717) is 5.92 Å². The maximum Gasteiger partial charge on any atom is 0.141 e. The van der Waals surface area contributed by atoms with Gasteiger partial charge in [0.15, 0.2) is 0 Å². The second-order valence-electron chi connectivity index (χ2n) is 6.27. The van der Waals surface area contributed by atoms with Gasteiger partial charge in [-0.05, 0) is 43.0 Å². The molecule has 3 heterocycles. The van der Waals surface area contributed by atoms with Crippen LogP contribution < -0.4 is 14.4 Å². The van der Waals surface area contributed by atoms with Crippen molar-refractivity contribution in [1.29, 1.82) is 0 Å². The highest BCUT2D eigenvalue weighted by atomic mass is 32.1. The maximum atomic E-state index is 5.58. The molecule has 1 aliphatic rings. The average molecular weight is 355 g/mol. The van der Waals surface area contributed by atoms with Crippen molar-refractivity contribution in [1.82, 2.24) is 9.97 Å². The Morgan fingerprint density at radius 2 is 2.04 bits per heavy atom. The topological polar surface area (TPSA) is 47.5 Å². The molecule has 0 bridgehead atoms. The molecule has 130 valence electrons. The average Bonchev–Trinajstić information content (AvgIpc) is 3.29. The second kappa shape index (κ2) is 6.52. The van der Waals surface area contributed by atoms with E-state index in [1.807, 2.05) is 19.1 Å². The number of nitrogens with zero attached hydrogens (tertiary/aromatic N) is 3. The van der Waals surface area contributed by atoms with Gasteiger partial charge in [0, 0.05) is 24.6 Å². The van der Waals surface area contributed by atoms with Crippen LogP contribution in [0.5, 0.6) is 11.5 Å². The van der Waals surface area contributed by atoms with Gasteiger partial charge in [0.05, 0.1) is 19.6 Å². The van der Waals surface area contributed by atoms with Gasteiger partial charge in [0.25, 0.3) is 0 Å². The van der Waals surface area contributed by atoms with Crippen LogP contribution in [-0.4, -0.2) is 37.3 Å². The number of hydrogen-bond donors (Lipinski definition) is 0. The first-order valence-electron chi connectivity index (χ1n) is 8.38. The molecule has 0 radical (unpaired) electrons. The summed E-state index contributed by atoms with van der Waals surface area (Å²) in [5, 5.41) is 3.23. The molecule has 1 aromatic carbocycles. The lowest BCUT2D eigenvalue weighted by molar-refractivity contribution is 0.396. The van der Waals surface area contributed by atoms with Gasteiger partial charge in [-0.25, -0.2) is 9.97 Å². The van der Waals surface area contributed by atoms with E-state index in [1.54, 1.807) is 25.6 Å². The van der Waals surface area contributed by atoms with E-state index in [9.17, 15) is 0 Å². The number of fused-ring (bicyclic) bond motifs is 1. The highest BCUT2D eigenvalue weighted by Gasteiger charge is 2.28. The third-order valence-corrected chi connectivity index (χ3v) is 5.59. The van der Waals surface area contributed by atoms with Gasteiger partial charge in [-0.1, -0.05) is 0 Å². The molecular weight excluding hydrogens is 334 g/mol. The number of aryl methyl sites for hydroxylation is 1. The minimum atomic E-state index is 0.397. The summed E-state index contributed by atoms with van der Waals surface area (Å²) >= 11 is 1.67. The number of methoxy groups -OCH3 is 2. The lowest BCUT2D eigenvalue weighted by Gasteiger charge is -2.20. The first-order chi connectivity index (χ1) is 12.2. The van der Waals surface area contributed by atoms with Crippen LogP contribution in [0.15, 0.2) is 29.6 Å². The molecule has 0 aliphatic carbocycles. The number of thiophene rings is 1. The van der Waals surface area contributed by atoms with E-state index < -0.39 is 0 Å². The molecule has 3 aromatic rings. The molecule has 0 amide bonds. The van der Waals surface area contributed by atoms with Crippen molar-refractivity contribution in [2.24, 2.45) is 0 Å². The number of anilines is 1. The van der Waals surface area contributed by atoms with Crippen LogP contribution in [0, 0.1) is 6.92 Å². The Balaban J connectivity index is 1.66. The van der Waals surface area contributed by atoms with Crippen LogP contribution in [0.4, 0.5) is 5.82 Å². The molecule has 1 fully saturated rings. The summed E-state index contributed by atoms with van der Waals surface area (Å²) in [6, 6.07) is 8.15. The largest absolute Gasteiger partial charge is 0.497 e. The van der Waals surface area contributed by atoms with Crippen LogP contribution in [0.25, 0.3) is 10.2 Å². The highest BCUT2D eigenvalue weighted by molar-refractivity contribution is 7.16. The molecular formula is C19H21N3O2S. The lowest BCUT2D eigenvalue weighted by Crippen LogP contribution is -2.21. The third-order valence-electron chi connectivity index (χ3n) is 4.78. The van der Waals surface area contributed by atoms with Gasteiger partial charge in [-0.2, -0.15) is 0 Å². The summed E-state index contributed by atoms with van der Waals surface area (Å²) in [7, 11) is 3.42. The Morgan fingerprint density at radius 1 is 1.16 bits per heavy atom. The van der Waals surface area contributed by atoms with Crippen LogP contribution in [0.2, 0.25) is 0 Å². The highest BCUT2D eigenvalue weighted by Crippen LogP contribution is 2.38. The van der Waals surface area contributed by atoms with Crippen molar-refractivity contribution < 1.29 is 9.47 Å². The molecule has 1 atom stereocenters. The molecule has 0 spiro atoms. The van der Waals surface area contributed by atoms with Gasteiger partial charge >= 0.3 is 0 Å². The Labute approximate surface area is 151 Å².